The van der Waals surface area contributed by atoms with Crippen molar-refractivity contribution >= 4 is 11.5 Å². The molecule has 1 aromatic carbocycles. The van der Waals surface area contributed by atoms with Crippen LogP contribution in [0.1, 0.15) is 24.4 Å². The minimum atomic E-state index is -0.449. The number of aromatic nitrogens is 6. The Morgan fingerprint density at radius 3 is 2.80 bits per heavy atom. The zero-order valence-electron chi connectivity index (χ0n) is 18.8. The van der Waals surface area contributed by atoms with Gasteiger partial charge < -0.3 is 9.64 Å². The van der Waals surface area contributed by atoms with E-state index < -0.39 is 11.6 Å². The van der Waals surface area contributed by atoms with Crippen LogP contribution in [0, 0.1) is 11.6 Å². The molecule has 8 nitrogen and oxygen atoms in total. The molecule has 0 aliphatic carbocycles. The highest BCUT2D eigenvalue weighted by molar-refractivity contribution is 5.66. The number of fused-ring (bicyclic) bond motifs is 1. The van der Waals surface area contributed by atoms with Gasteiger partial charge in [-0.15, -0.1) is 0 Å². The highest BCUT2D eigenvalue weighted by Crippen LogP contribution is 2.37. The van der Waals surface area contributed by atoms with E-state index in [1.807, 2.05) is 29.4 Å². The summed E-state index contributed by atoms with van der Waals surface area (Å²) in [5.41, 5.74) is 3.39. The SMILES string of the molecule is COc1cncc(-c2cnn(-c3cnn4ccc(N5CCC[C@H]5c5cc(F)ccc5F)nc34)c2)c1. The molecule has 1 atom stereocenters. The minimum absolute atomic E-state index is 0.288. The smallest absolute Gasteiger partial charge is 0.183 e. The van der Waals surface area contributed by atoms with E-state index in [1.165, 1.54) is 12.1 Å². The molecular formula is C25H21F2N7O. The molecule has 10 heteroatoms. The molecule has 0 unspecified atom stereocenters. The van der Waals surface area contributed by atoms with Crippen LogP contribution in [0.3, 0.4) is 0 Å². The molecule has 1 fully saturated rings. The topological polar surface area (TPSA) is 73.4 Å². The summed E-state index contributed by atoms with van der Waals surface area (Å²) in [6.45, 7) is 0.696. The van der Waals surface area contributed by atoms with Gasteiger partial charge in [0.1, 0.15) is 28.9 Å². The van der Waals surface area contributed by atoms with Crippen LogP contribution in [0.2, 0.25) is 0 Å². The molecule has 176 valence electrons. The van der Waals surface area contributed by atoms with Crippen molar-refractivity contribution in [2.24, 2.45) is 0 Å². The van der Waals surface area contributed by atoms with Crippen molar-refractivity contribution in [1.82, 2.24) is 29.4 Å². The number of pyridine rings is 1. The Morgan fingerprint density at radius 1 is 1.00 bits per heavy atom. The van der Waals surface area contributed by atoms with E-state index in [9.17, 15) is 8.78 Å². The summed E-state index contributed by atoms with van der Waals surface area (Å²) in [5.74, 6) is 0.475. The Bertz CT molecular complexity index is 1530. The van der Waals surface area contributed by atoms with E-state index in [0.717, 1.165) is 30.0 Å². The molecule has 1 saturated heterocycles. The zero-order chi connectivity index (χ0) is 23.9. The lowest BCUT2D eigenvalue weighted by atomic mass is 10.0. The van der Waals surface area contributed by atoms with Gasteiger partial charge in [-0.05, 0) is 43.2 Å². The van der Waals surface area contributed by atoms with Crippen molar-refractivity contribution < 1.29 is 13.5 Å². The maximum Gasteiger partial charge on any atom is 0.183 e. The first kappa shape index (κ1) is 21.2. The Kier molecular flexibility index (Phi) is 5.13. The van der Waals surface area contributed by atoms with Crippen molar-refractivity contribution in [2.45, 2.75) is 18.9 Å². The van der Waals surface area contributed by atoms with Crippen LogP contribution in [0.4, 0.5) is 14.6 Å². The summed E-state index contributed by atoms with van der Waals surface area (Å²) in [4.78, 5) is 11.1. The summed E-state index contributed by atoms with van der Waals surface area (Å²) < 4.78 is 37.1. The molecule has 5 aromatic rings. The first-order chi connectivity index (χ1) is 17.1. The third-order valence-electron chi connectivity index (χ3n) is 6.31. The van der Waals surface area contributed by atoms with Crippen molar-refractivity contribution in [3.63, 3.8) is 0 Å². The van der Waals surface area contributed by atoms with Crippen molar-refractivity contribution in [1.29, 1.82) is 0 Å². The Balaban J connectivity index is 1.36. The van der Waals surface area contributed by atoms with E-state index in [4.69, 9.17) is 9.72 Å². The number of hydrogen-bond acceptors (Lipinski definition) is 6. The number of halogens is 2. The normalized spacial score (nSPS) is 15.7. The van der Waals surface area contributed by atoms with E-state index in [2.05, 4.69) is 15.2 Å². The second-order valence-electron chi connectivity index (χ2n) is 8.39. The van der Waals surface area contributed by atoms with Gasteiger partial charge in [0.25, 0.3) is 0 Å². The van der Waals surface area contributed by atoms with Crippen LogP contribution in [0.15, 0.2) is 67.5 Å². The molecule has 0 radical (unpaired) electrons. The van der Waals surface area contributed by atoms with Gasteiger partial charge in [-0.25, -0.2) is 23.0 Å². The first-order valence-electron chi connectivity index (χ1n) is 11.2. The molecule has 0 spiro atoms. The van der Waals surface area contributed by atoms with Gasteiger partial charge in [0.15, 0.2) is 5.65 Å². The maximum atomic E-state index is 14.5. The molecule has 0 saturated carbocycles. The summed E-state index contributed by atoms with van der Waals surface area (Å²) in [5, 5.41) is 8.91. The molecule has 5 heterocycles. The van der Waals surface area contributed by atoms with Gasteiger partial charge in [0, 0.05) is 41.8 Å². The average Bonchev–Trinajstić information content (AvgIpc) is 3.64. The molecule has 6 rings (SSSR count). The Labute approximate surface area is 199 Å². The molecule has 0 bridgehead atoms. The third-order valence-corrected chi connectivity index (χ3v) is 6.31. The van der Waals surface area contributed by atoms with Gasteiger partial charge in [-0.2, -0.15) is 10.2 Å². The van der Waals surface area contributed by atoms with Gasteiger partial charge in [0.2, 0.25) is 0 Å². The zero-order valence-corrected chi connectivity index (χ0v) is 18.8. The molecule has 0 amide bonds. The van der Waals surface area contributed by atoms with Crippen LogP contribution in [-0.4, -0.2) is 43.0 Å². The first-order valence-corrected chi connectivity index (χ1v) is 11.2. The van der Waals surface area contributed by atoms with Crippen molar-refractivity contribution in [3.05, 3.63) is 84.7 Å². The second kappa shape index (κ2) is 8.46. The third kappa shape index (κ3) is 3.76. The second-order valence-corrected chi connectivity index (χ2v) is 8.39. The van der Waals surface area contributed by atoms with Gasteiger partial charge >= 0.3 is 0 Å². The van der Waals surface area contributed by atoms with E-state index in [-0.39, 0.29) is 6.04 Å². The van der Waals surface area contributed by atoms with Crippen LogP contribution >= 0.6 is 0 Å². The Morgan fingerprint density at radius 2 is 1.91 bits per heavy atom. The molecule has 1 aliphatic heterocycles. The van der Waals surface area contributed by atoms with E-state index in [1.54, 1.807) is 41.1 Å². The predicted molar refractivity (Wildman–Crippen MR) is 126 cm³/mol. The van der Waals surface area contributed by atoms with Crippen LogP contribution in [-0.2, 0) is 0 Å². The van der Waals surface area contributed by atoms with E-state index in [0.29, 0.717) is 35.0 Å². The minimum Gasteiger partial charge on any atom is -0.495 e. The standard InChI is InChI=1S/C25H21F2N7O/c1-35-19-9-16(11-28-13-19)17-12-29-34(15-17)23-14-30-33-8-6-24(31-25(23)33)32-7-2-3-22(32)20-10-18(26)4-5-21(20)27/h4-6,8-15,22H,2-3,7H2,1H3/t22-/m0/s1. The van der Waals surface area contributed by atoms with Gasteiger partial charge in [-0.3, -0.25) is 4.98 Å². The Hall–Kier alpha value is -4.34. The lowest BCUT2D eigenvalue weighted by Gasteiger charge is -2.26. The molecule has 0 N–H and O–H groups in total. The summed E-state index contributed by atoms with van der Waals surface area (Å²) in [6, 6.07) is 7.04. The van der Waals surface area contributed by atoms with Crippen molar-refractivity contribution in [3.8, 4) is 22.6 Å². The highest BCUT2D eigenvalue weighted by atomic mass is 19.1. The highest BCUT2D eigenvalue weighted by Gasteiger charge is 2.30. The predicted octanol–water partition coefficient (Wildman–Crippen LogP) is 4.61. The summed E-state index contributed by atoms with van der Waals surface area (Å²) >= 11 is 0. The number of benzene rings is 1. The van der Waals surface area contributed by atoms with E-state index >= 15 is 0 Å². The monoisotopic (exact) mass is 473 g/mol. The van der Waals surface area contributed by atoms with Gasteiger partial charge in [-0.1, -0.05) is 0 Å². The molecule has 1 aliphatic rings. The van der Waals surface area contributed by atoms with Crippen molar-refractivity contribution in [2.75, 3.05) is 18.6 Å². The fourth-order valence-electron chi connectivity index (χ4n) is 4.60. The quantitative estimate of drug-likeness (QED) is 0.371. The largest absolute Gasteiger partial charge is 0.495 e. The number of rotatable bonds is 5. The number of ether oxygens (including phenoxy) is 1. The van der Waals surface area contributed by atoms with Crippen LogP contribution < -0.4 is 9.64 Å². The lowest BCUT2D eigenvalue weighted by molar-refractivity contribution is 0.413. The average molecular weight is 473 g/mol. The van der Waals surface area contributed by atoms with Gasteiger partial charge in [0.05, 0.1) is 31.7 Å². The van der Waals surface area contributed by atoms with Crippen LogP contribution in [0.5, 0.6) is 5.75 Å². The molecule has 4 aromatic heterocycles. The number of nitrogens with zero attached hydrogens (tertiary/aromatic N) is 7. The van der Waals surface area contributed by atoms with Crippen LogP contribution in [0.25, 0.3) is 22.5 Å². The fourth-order valence-corrected chi connectivity index (χ4v) is 4.60. The maximum absolute atomic E-state index is 14.5. The summed E-state index contributed by atoms with van der Waals surface area (Å²) in [7, 11) is 1.60. The molecule has 35 heavy (non-hydrogen) atoms. The lowest BCUT2D eigenvalue weighted by Crippen LogP contribution is -2.24. The number of methoxy groups -OCH3 is 1. The summed E-state index contributed by atoms with van der Waals surface area (Å²) in [6.07, 6.45) is 12.1. The molecular weight excluding hydrogens is 452 g/mol. The number of anilines is 1. The number of hydrogen-bond donors (Lipinski definition) is 0. The fraction of sp³-hybridized carbons (Fsp3) is 0.200.